The van der Waals surface area contributed by atoms with Gasteiger partial charge in [-0.05, 0) is 5.57 Å². The lowest BCUT2D eigenvalue weighted by molar-refractivity contribution is -0.150. The summed E-state index contributed by atoms with van der Waals surface area (Å²) in [7, 11) is 0. The minimum absolute atomic E-state index is 0.0452. The fourth-order valence-electron chi connectivity index (χ4n) is 3.03. The van der Waals surface area contributed by atoms with E-state index in [0.29, 0.717) is 26.1 Å². The lowest BCUT2D eigenvalue weighted by Gasteiger charge is -2.49. The fraction of sp³-hybridized carbons (Fsp3) is 0.333. The van der Waals surface area contributed by atoms with Gasteiger partial charge in [-0.25, -0.2) is 4.79 Å². The van der Waals surface area contributed by atoms with Crippen LogP contribution in [0.3, 0.4) is 0 Å². The van der Waals surface area contributed by atoms with Gasteiger partial charge >= 0.3 is 5.97 Å². The maximum Gasteiger partial charge on any atom is 0.352 e. The average Bonchev–Trinajstić information content (AvgIpc) is 3.35. The first-order valence-electron chi connectivity index (χ1n) is 8.38. The summed E-state index contributed by atoms with van der Waals surface area (Å²) in [6, 6.07) is -0.838. The molecule has 4 rings (SSSR count). The number of amides is 2. The number of aromatic nitrogens is 3. The second-order valence-electron chi connectivity index (χ2n) is 6.23. The van der Waals surface area contributed by atoms with Gasteiger partial charge in [0.1, 0.15) is 22.6 Å². The molecule has 1 unspecified atom stereocenters. The number of thiazole rings is 1. The van der Waals surface area contributed by atoms with Crippen molar-refractivity contribution in [1.82, 2.24) is 25.1 Å². The lowest BCUT2D eigenvalue weighted by Crippen LogP contribution is -2.70. The van der Waals surface area contributed by atoms with E-state index in [1.807, 2.05) is 0 Å². The normalized spacial score (nSPS) is 20.7. The molecule has 30 heavy (non-hydrogen) atoms. The molecule has 4 N–H and O–H groups in total. The van der Waals surface area contributed by atoms with Crippen molar-refractivity contribution in [3.8, 4) is 0 Å². The van der Waals surface area contributed by atoms with E-state index < -0.39 is 29.2 Å². The standard InChI is InChI=1S/C15H14N6O5S4/c16-14-21(26)7(4-28-14)1-8(22)18-9-11(23)20-10(13(24)25)6(2-27-12(9)20)3-29-15-19-17-5-30-15/h4-5,9,12,16,26H,1-3H2,(H,18,22)(H,24,25)/t9?,12-/m0/s1. The van der Waals surface area contributed by atoms with Crippen LogP contribution in [0.2, 0.25) is 0 Å². The molecule has 2 amide bonds. The molecule has 158 valence electrons. The number of thioether (sulfide) groups is 2. The van der Waals surface area contributed by atoms with Crippen LogP contribution in [-0.4, -0.2) is 70.8 Å². The van der Waals surface area contributed by atoms with E-state index in [4.69, 9.17) is 5.41 Å². The predicted molar refractivity (Wildman–Crippen MR) is 109 cm³/mol. The Kier molecular flexibility index (Phi) is 5.86. The van der Waals surface area contributed by atoms with Crippen molar-refractivity contribution in [2.24, 2.45) is 0 Å². The third-order valence-electron chi connectivity index (χ3n) is 4.39. The van der Waals surface area contributed by atoms with Gasteiger partial charge in [-0.3, -0.25) is 19.9 Å². The topological polar surface area (TPSA) is 162 Å². The van der Waals surface area contributed by atoms with Crippen molar-refractivity contribution in [2.45, 2.75) is 22.2 Å². The molecule has 11 nitrogen and oxygen atoms in total. The zero-order chi connectivity index (χ0) is 21.4. The Balaban J connectivity index is 1.44. The van der Waals surface area contributed by atoms with E-state index in [1.54, 1.807) is 5.51 Å². The quantitative estimate of drug-likeness (QED) is 0.243. The summed E-state index contributed by atoms with van der Waals surface area (Å²) in [4.78, 5) is 37.9. The summed E-state index contributed by atoms with van der Waals surface area (Å²) in [5, 5.41) is 38.1. The summed E-state index contributed by atoms with van der Waals surface area (Å²) in [5.74, 6) is -1.37. The van der Waals surface area contributed by atoms with Crippen LogP contribution in [0.4, 0.5) is 0 Å². The van der Waals surface area contributed by atoms with E-state index in [-0.39, 0.29) is 22.6 Å². The molecule has 0 aliphatic carbocycles. The number of carboxylic acids is 1. The number of nitrogens with zero attached hydrogens (tertiary/aromatic N) is 4. The highest BCUT2D eigenvalue weighted by atomic mass is 32.2. The minimum Gasteiger partial charge on any atom is -0.477 e. The third-order valence-corrected chi connectivity index (χ3v) is 8.46. The SMILES string of the molecule is N=c1scc(CC(=O)NC2C(=O)N3C(C(=O)O)=C(CSc4nncs4)CS[C@@H]23)n1O. The molecule has 2 atom stereocenters. The van der Waals surface area contributed by atoms with Crippen molar-refractivity contribution >= 4 is 64.0 Å². The molecular weight excluding hydrogens is 472 g/mol. The highest BCUT2D eigenvalue weighted by molar-refractivity contribution is 8.01. The van der Waals surface area contributed by atoms with Crippen LogP contribution < -0.4 is 10.1 Å². The zero-order valence-corrected chi connectivity index (χ0v) is 18.2. The fourth-order valence-corrected chi connectivity index (χ4v) is 6.65. The summed E-state index contributed by atoms with van der Waals surface area (Å²) >= 11 is 5.08. The first-order chi connectivity index (χ1) is 14.4. The molecule has 2 aromatic heterocycles. The second kappa shape index (κ2) is 8.41. The Morgan fingerprint density at radius 3 is 2.83 bits per heavy atom. The Bertz CT molecular complexity index is 1090. The molecule has 2 aliphatic rings. The monoisotopic (exact) mass is 486 g/mol. The Hall–Kier alpha value is -2.36. The van der Waals surface area contributed by atoms with E-state index in [0.717, 1.165) is 11.3 Å². The van der Waals surface area contributed by atoms with Crippen molar-refractivity contribution in [1.29, 1.82) is 5.41 Å². The van der Waals surface area contributed by atoms with Gasteiger partial charge in [0.15, 0.2) is 4.34 Å². The Morgan fingerprint density at radius 2 is 2.20 bits per heavy atom. The number of nitrogens with one attached hydrogen (secondary N) is 2. The minimum atomic E-state index is -1.19. The molecule has 4 heterocycles. The number of hydrogen-bond donors (Lipinski definition) is 4. The zero-order valence-electron chi connectivity index (χ0n) is 15.0. The highest BCUT2D eigenvalue weighted by Gasteiger charge is 2.54. The van der Waals surface area contributed by atoms with Gasteiger partial charge in [-0.2, -0.15) is 4.73 Å². The molecule has 15 heteroatoms. The van der Waals surface area contributed by atoms with Crippen LogP contribution in [-0.2, 0) is 20.8 Å². The molecule has 2 aromatic rings. The van der Waals surface area contributed by atoms with Gasteiger partial charge in [0.25, 0.3) is 5.91 Å². The maximum absolute atomic E-state index is 12.6. The molecule has 1 saturated heterocycles. The molecule has 1 fully saturated rings. The van der Waals surface area contributed by atoms with Crippen LogP contribution >= 0.6 is 46.2 Å². The van der Waals surface area contributed by atoms with Crippen molar-refractivity contribution < 1.29 is 24.7 Å². The van der Waals surface area contributed by atoms with E-state index >= 15 is 0 Å². The average molecular weight is 487 g/mol. The number of hydrogen-bond acceptors (Lipinski definition) is 11. The number of carboxylic acid groups (broad SMARTS) is 1. The summed E-state index contributed by atoms with van der Waals surface area (Å²) in [6.07, 6.45) is -0.196. The number of fused-ring (bicyclic) bond motifs is 1. The summed E-state index contributed by atoms with van der Waals surface area (Å²) in [5.41, 5.74) is 2.40. The maximum atomic E-state index is 12.6. The highest BCUT2D eigenvalue weighted by Crippen LogP contribution is 2.41. The van der Waals surface area contributed by atoms with E-state index in [9.17, 15) is 24.7 Å². The van der Waals surface area contributed by atoms with Crippen molar-refractivity contribution in [3.63, 3.8) is 0 Å². The number of rotatable bonds is 7. The third kappa shape index (κ3) is 3.84. The van der Waals surface area contributed by atoms with Crippen LogP contribution in [0.15, 0.2) is 26.5 Å². The predicted octanol–water partition coefficient (Wildman–Crippen LogP) is 0.191. The smallest absolute Gasteiger partial charge is 0.352 e. The first-order valence-corrected chi connectivity index (χ1v) is 12.2. The Morgan fingerprint density at radius 1 is 1.40 bits per heavy atom. The van der Waals surface area contributed by atoms with Gasteiger partial charge in [0, 0.05) is 16.9 Å². The molecule has 2 aliphatic heterocycles. The largest absolute Gasteiger partial charge is 0.477 e. The number of carbonyl (C=O) groups is 3. The summed E-state index contributed by atoms with van der Waals surface area (Å²) in [6.45, 7) is 0. The van der Waals surface area contributed by atoms with Crippen LogP contribution in [0.25, 0.3) is 0 Å². The van der Waals surface area contributed by atoms with Crippen LogP contribution in [0, 0.1) is 5.41 Å². The van der Waals surface area contributed by atoms with E-state index in [2.05, 4.69) is 15.5 Å². The van der Waals surface area contributed by atoms with Gasteiger partial charge in [0.2, 0.25) is 10.7 Å². The first kappa shape index (κ1) is 20.9. The number of β-lactam (4-membered cyclic amide) rings is 1. The number of aliphatic carboxylic acids is 1. The van der Waals surface area contributed by atoms with Gasteiger partial charge in [0.05, 0.1) is 12.1 Å². The lowest BCUT2D eigenvalue weighted by atomic mass is 10.0. The molecule has 0 radical (unpaired) electrons. The molecule has 0 bridgehead atoms. The van der Waals surface area contributed by atoms with Gasteiger partial charge in [-0.1, -0.05) is 23.1 Å². The molecule has 0 spiro atoms. The Labute approximate surface area is 185 Å². The van der Waals surface area contributed by atoms with Crippen LogP contribution in [0.5, 0.6) is 0 Å². The van der Waals surface area contributed by atoms with Crippen molar-refractivity contribution in [2.75, 3.05) is 11.5 Å². The van der Waals surface area contributed by atoms with Crippen LogP contribution in [0.1, 0.15) is 5.69 Å². The molecule has 0 saturated carbocycles. The molecular formula is C15H14N6O5S4. The summed E-state index contributed by atoms with van der Waals surface area (Å²) < 4.78 is 1.33. The van der Waals surface area contributed by atoms with Crippen molar-refractivity contribution in [3.05, 3.63) is 32.7 Å². The van der Waals surface area contributed by atoms with Gasteiger partial charge < -0.3 is 15.6 Å². The number of carbonyl (C=O) groups excluding carboxylic acids is 2. The van der Waals surface area contributed by atoms with Gasteiger partial charge in [-0.15, -0.1) is 33.3 Å². The second-order valence-corrected chi connectivity index (χ2v) is 10.2. The molecule has 0 aromatic carbocycles. The van der Waals surface area contributed by atoms with E-state index in [1.165, 1.54) is 45.1 Å².